The Labute approximate surface area is 206 Å². The van der Waals surface area contributed by atoms with Crippen molar-refractivity contribution in [2.75, 3.05) is 43.9 Å². The highest BCUT2D eigenvalue weighted by Crippen LogP contribution is 2.20. The van der Waals surface area contributed by atoms with Crippen molar-refractivity contribution in [2.45, 2.75) is 51.5 Å². The van der Waals surface area contributed by atoms with Gasteiger partial charge in [-0.15, -0.1) is 0 Å². The van der Waals surface area contributed by atoms with Crippen LogP contribution in [0.25, 0.3) is 0 Å². The van der Waals surface area contributed by atoms with Crippen molar-refractivity contribution in [3.63, 3.8) is 0 Å². The van der Waals surface area contributed by atoms with Gasteiger partial charge in [0.1, 0.15) is 0 Å². The van der Waals surface area contributed by atoms with E-state index in [1.54, 1.807) is 0 Å². The van der Waals surface area contributed by atoms with E-state index >= 15 is 0 Å². The molecule has 190 valence electrons. The monoisotopic (exact) mass is 485 g/mol. The van der Waals surface area contributed by atoms with Crippen LogP contribution >= 0.6 is 0 Å². The summed E-state index contributed by atoms with van der Waals surface area (Å²) in [5.41, 5.74) is 7.15. The third-order valence-corrected chi connectivity index (χ3v) is 6.13. The third kappa shape index (κ3) is 8.47. The molecule has 1 fully saturated rings. The second-order valence-electron chi connectivity index (χ2n) is 9.05. The van der Waals surface area contributed by atoms with Crippen molar-refractivity contribution in [3.8, 4) is 0 Å². The van der Waals surface area contributed by atoms with Gasteiger partial charge in [-0.1, -0.05) is 31.9 Å². The molecule has 4 N–H and O–H groups in total. The Morgan fingerprint density at radius 1 is 1.17 bits per heavy atom. The highest BCUT2D eigenvalue weighted by atomic mass is 19.1. The Kier molecular flexibility index (Phi) is 9.77. The van der Waals surface area contributed by atoms with Crippen LogP contribution in [0.1, 0.15) is 44.6 Å². The number of likely N-dealkylation sites (N-methyl/N-ethyl adjacent to an activating group) is 1. The fourth-order valence-electron chi connectivity index (χ4n) is 3.99. The highest BCUT2D eigenvalue weighted by molar-refractivity contribution is 5.76. The first kappa shape index (κ1) is 26.3. The summed E-state index contributed by atoms with van der Waals surface area (Å²) >= 11 is 0. The molecule has 2 amide bonds. The maximum Gasteiger partial charge on any atom is 0.229 e. The van der Waals surface area contributed by atoms with E-state index in [1.165, 1.54) is 0 Å². The van der Waals surface area contributed by atoms with Crippen molar-refractivity contribution < 1.29 is 14.0 Å². The summed E-state index contributed by atoms with van der Waals surface area (Å²) in [6.07, 6.45) is 4.88. The molecular weight excluding hydrogens is 449 g/mol. The minimum absolute atomic E-state index is 0.0314. The van der Waals surface area contributed by atoms with Gasteiger partial charge in [0, 0.05) is 50.7 Å². The normalized spacial score (nSPS) is 15.0. The van der Waals surface area contributed by atoms with Crippen LogP contribution in [0.2, 0.25) is 0 Å². The van der Waals surface area contributed by atoms with Crippen molar-refractivity contribution in [1.82, 2.24) is 19.8 Å². The molecule has 0 saturated carbocycles. The van der Waals surface area contributed by atoms with Crippen LogP contribution in [0.4, 0.5) is 21.8 Å². The van der Waals surface area contributed by atoms with E-state index in [-0.39, 0.29) is 30.1 Å². The molecule has 1 atom stereocenters. The number of anilines is 3. The summed E-state index contributed by atoms with van der Waals surface area (Å²) < 4.78 is 14.3. The summed E-state index contributed by atoms with van der Waals surface area (Å²) in [6.45, 7) is 5.45. The molecule has 0 aliphatic carbocycles. The second-order valence-corrected chi connectivity index (χ2v) is 9.05. The standard InChI is InChI=1S/C25H36FN7O2/c1-3-4-5-20(16-22(27)34)29-24-21(26)17-28-25(31-24)30-19-9-6-18(7-10-19)8-11-23(35)33-14-12-32(2)13-15-33/h6-7,9-10,17,20H,3-5,8,11-16H2,1-2H3,(H2,27,34)(H2,28,29,30,31). The third-order valence-electron chi connectivity index (χ3n) is 6.13. The number of piperazine rings is 1. The molecule has 2 heterocycles. The first-order valence-corrected chi connectivity index (χ1v) is 12.2. The highest BCUT2D eigenvalue weighted by Gasteiger charge is 2.19. The number of hydrogen-bond acceptors (Lipinski definition) is 7. The Hall–Kier alpha value is -3.27. The number of halogens is 1. The lowest BCUT2D eigenvalue weighted by Crippen LogP contribution is -2.47. The molecule has 0 radical (unpaired) electrons. The Balaban J connectivity index is 1.56. The zero-order chi connectivity index (χ0) is 25.2. The zero-order valence-corrected chi connectivity index (χ0v) is 20.6. The largest absolute Gasteiger partial charge is 0.370 e. The van der Waals surface area contributed by atoms with E-state index < -0.39 is 11.7 Å². The number of carbonyl (C=O) groups excluding carboxylic acids is 2. The van der Waals surface area contributed by atoms with E-state index in [0.717, 1.165) is 56.5 Å². The fourth-order valence-corrected chi connectivity index (χ4v) is 3.99. The Bertz CT molecular complexity index is 978. The van der Waals surface area contributed by atoms with Crippen molar-refractivity contribution in [2.24, 2.45) is 5.73 Å². The number of primary amides is 1. The second kappa shape index (κ2) is 13.0. The fraction of sp³-hybridized carbons (Fsp3) is 0.520. The maximum atomic E-state index is 14.3. The van der Waals surface area contributed by atoms with E-state index in [0.29, 0.717) is 19.3 Å². The van der Waals surface area contributed by atoms with Crippen molar-refractivity contribution in [3.05, 3.63) is 41.8 Å². The van der Waals surface area contributed by atoms with Gasteiger partial charge in [-0.2, -0.15) is 4.98 Å². The molecule has 9 nitrogen and oxygen atoms in total. The van der Waals surface area contributed by atoms with Gasteiger partial charge >= 0.3 is 0 Å². The number of unbranched alkanes of at least 4 members (excludes halogenated alkanes) is 1. The molecule has 35 heavy (non-hydrogen) atoms. The topological polar surface area (TPSA) is 116 Å². The number of nitrogens with zero attached hydrogens (tertiary/aromatic N) is 4. The van der Waals surface area contributed by atoms with Gasteiger partial charge in [-0.25, -0.2) is 9.37 Å². The van der Waals surface area contributed by atoms with Crippen LogP contribution < -0.4 is 16.4 Å². The number of carbonyl (C=O) groups is 2. The minimum atomic E-state index is -0.595. The smallest absolute Gasteiger partial charge is 0.229 e. The molecule has 0 bridgehead atoms. The average molecular weight is 486 g/mol. The average Bonchev–Trinajstić information content (AvgIpc) is 2.84. The number of hydrogen-bond donors (Lipinski definition) is 3. The molecule has 1 saturated heterocycles. The van der Waals surface area contributed by atoms with Gasteiger partial charge in [0.05, 0.1) is 6.20 Å². The zero-order valence-electron chi connectivity index (χ0n) is 20.6. The predicted octanol–water partition coefficient (Wildman–Crippen LogP) is 2.91. The van der Waals surface area contributed by atoms with E-state index in [1.807, 2.05) is 36.1 Å². The van der Waals surface area contributed by atoms with Crippen LogP contribution in [0.15, 0.2) is 30.5 Å². The van der Waals surface area contributed by atoms with E-state index in [2.05, 4.69) is 32.5 Å². The number of nitrogens with two attached hydrogens (primary N) is 1. The van der Waals surface area contributed by atoms with Gasteiger partial charge in [-0.3, -0.25) is 9.59 Å². The lowest BCUT2D eigenvalue weighted by atomic mass is 10.1. The molecule has 10 heteroatoms. The molecule has 1 aromatic heterocycles. The molecule has 1 aromatic carbocycles. The molecule has 3 rings (SSSR count). The molecular formula is C25H36FN7O2. The summed E-state index contributed by atoms with van der Waals surface area (Å²) in [6, 6.07) is 7.38. The first-order chi connectivity index (χ1) is 16.8. The number of nitrogens with one attached hydrogen (secondary N) is 2. The number of amides is 2. The maximum absolute atomic E-state index is 14.3. The number of benzene rings is 1. The molecule has 0 spiro atoms. The van der Waals surface area contributed by atoms with E-state index in [4.69, 9.17) is 5.73 Å². The minimum Gasteiger partial charge on any atom is -0.370 e. The molecule has 1 aliphatic rings. The van der Waals surface area contributed by atoms with Crippen LogP contribution in [-0.4, -0.2) is 70.9 Å². The van der Waals surface area contributed by atoms with Crippen LogP contribution in [0, 0.1) is 5.82 Å². The number of aryl methyl sites for hydroxylation is 1. The van der Waals surface area contributed by atoms with Gasteiger partial charge in [0.25, 0.3) is 0 Å². The van der Waals surface area contributed by atoms with Gasteiger partial charge in [0.2, 0.25) is 17.8 Å². The number of rotatable bonds is 12. The van der Waals surface area contributed by atoms with Crippen LogP contribution in [0.5, 0.6) is 0 Å². The van der Waals surface area contributed by atoms with Crippen LogP contribution in [0.3, 0.4) is 0 Å². The lowest BCUT2D eigenvalue weighted by molar-refractivity contribution is -0.132. The lowest BCUT2D eigenvalue weighted by Gasteiger charge is -2.32. The van der Waals surface area contributed by atoms with Crippen LogP contribution in [-0.2, 0) is 16.0 Å². The van der Waals surface area contributed by atoms with Gasteiger partial charge in [0.15, 0.2) is 11.6 Å². The molecule has 1 unspecified atom stereocenters. The van der Waals surface area contributed by atoms with E-state index in [9.17, 15) is 14.0 Å². The first-order valence-electron chi connectivity index (χ1n) is 12.2. The van der Waals surface area contributed by atoms with Gasteiger partial charge < -0.3 is 26.2 Å². The summed E-state index contributed by atoms with van der Waals surface area (Å²) in [7, 11) is 2.07. The molecule has 2 aromatic rings. The number of aromatic nitrogens is 2. The van der Waals surface area contributed by atoms with Gasteiger partial charge in [-0.05, 0) is 37.6 Å². The molecule has 1 aliphatic heterocycles. The van der Waals surface area contributed by atoms with Crippen molar-refractivity contribution >= 4 is 29.3 Å². The summed E-state index contributed by atoms with van der Waals surface area (Å²) in [5.74, 6) is -0.587. The SMILES string of the molecule is CCCCC(CC(N)=O)Nc1nc(Nc2ccc(CCC(=O)N3CCN(C)CC3)cc2)ncc1F. The Morgan fingerprint density at radius 3 is 2.54 bits per heavy atom. The quantitative estimate of drug-likeness (QED) is 0.423. The summed E-state index contributed by atoms with van der Waals surface area (Å²) in [5, 5.41) is 6.08. The van der Waals surface area contributed by atoms with Crippen molar-refractivity contribution in [1.29, 1.82) is 0 Å². The summed E-state index contributed by atoms with van der Waals surface area (Å²) in [4.78, 5) is 36.3. The predicted molar refractivity (Wildman–Crippen MR) is 135 cm³/mol. The Morgan fingerprint density at radius 2 is 1.89 bits per heavy atom.